The number of sulfonamides is 1. The molecule has 1 amide bonds. The number of nitrogens with zero attached hydrogens (tertiary/aromatic N) is 2. The van der Waals surface area contributed by atoms with Crippen LogP contribution in [0.2, 0.25) is 5.02 Å². The minimum absolute atomic E-state index is 0.0561. The minimum atomic E-state index is -3.97. The van der Waals surface area contributed by atoms with Crippen LogP contribution in [0.4, 0.5) is 10.1 Å². The van der Waals surface area contributed by atoms with Gasteiger partial charge in [-0.1, -0.05) is 11.6 Å². The number of carbonyl (C=O) groups excluding carboxylic acids is 1. The molecule has 1 aliphatic rings. The highest BCUT2D eigenvalue weighted by molar-refractivity contribution is 7.92. The molecule has 1 aromatic heterocycles. The fraction of sp³-hybridized carbons (Fsp3) is 0.312. The Morgan fingerprint density at radius 2 is 2.08 bits per heavy atom. The average Bonchev–Trinajstić information content (AvgIpc) is 3.03. The van der Waals surface area contributed by atoms with E-state index in [-0.39, 0.29) is 27.2 Å². The Balaban J connectivity index is 1.85. The number of hydrogen-bond acceptors (Lipinski definition) is 4. The van der Waals surface area contributed by atoms with Crippen molar-refractivity contribution in [2.45, 2.75) is 11.4 Å². The van der Waals surface area contributed by atoms with Crippen LogP contribution < -0.4 is 4.72 Å². The van der Waals surface area contributed by atoms with Crippen LogP contribution >= 0.6 is 11.6 Å². The maximum absolute atomic E-state index is 13.1. The molecule has 26 heavy (non-hydrogen) atoms. The molecular formula is C16H17ClFN3O4S. The molecule has 0 radical (unpaired) electrons. The van der Waals surface area contributed by atoms with Gasteiger partial charge in [0.15, 0.2) is 0 Å². The Morgan fingerprint density at radius 1 is 1.31 bits per heavy atom. The van der Waals surface area contributed by atoms with Crippen molar-refractivity contribution in [3.05, 3.63) is 47.0 Å². The normalized spacial score (nSPS) is 14.4. The molecular weight excluding hydrogens is 385 g/mol. The molecule has 3 rings (SSSR count). The zero-order chi connectivity index (χ0) is 18.9. The first-order valence-corrected chi connectivity index (χ1v) is 9.64. The maximum Gasteiger partial charge on any atom is 0.270 e. The SMILES string of the molecule is COCCN1CCn2cc(S(=O)(=O)Nc3ccc(F)cc3Cl)cc2C1=O. The van der Waals surface area contributed by atoms with E-state index in [1.54, 1.807) is 16.6 Å². The van der Waals surface area contributed by atoms with Gasteiger partial charge >= 0.3 is 0 Å². The van der Waals surface area contributed by atoms with Crippen LogP contribution in [0.1, 0.15) is 10.5 Å². The first-order chi connectivity index (χ1) is 12.3. The fourth-order valence-electron chi connectivity index (χ4n) is 2.68. The zero-order valence-electron chi connectivity index (χ0n) is 13.9. The molecule has 140 valence electrons. The Hall–Kier alpha value is -2.10. The second-order valence-corrected chi connectivity index (χ2v) is 7.86. The third-order valence-corrected chi connectivity index (χ3v) is 5.68. The van der Waals surface area contributed by atoms with E-state index in [1.165, 1.54) is 18.3 Å². The number of ether oxygens (including phenoxy) is 1. The molecule has 1 aromatic carbocycles. The van der Waals surface area contributed by atoms with Crippen LogP contribution in [0.15, 0.2) is 35.4 Å². The number of hydrogen-bond donors (Lipinski definition) is 1. The maximum atomic E-state index is 13.1. The van der Waals surface area contributed by atoms with Crippen molar-refractivity contribution in [3.63, 3.8) is 0 Å². The molecule has 2 aromatic rings. The van der Waals surface area contributed by atoms with Crippen molar-refractivity contribution in [2.24, 2.45) is 0 Å². The number of aromatic nitrogens is 1. The smallest absolute Gasteiger partial charge is 0.270 e. The predicted octanol–water partition coefficient (Wildman–Crippen LogP) is 2.18. The highest BCUT2D eigenvalue weighted by atomic mass is 35.5. The van der Waals surface area contributed by atoms with Gasteiger partial charge in [-0.15, -0.1) is 0 Å². The number of rotatable bonds is 6. The number of fused-ring (bicyclic) bond motifs is 1. The highest BCUT2D eigenvalue weighted by Gasteiger charge is 2.28. The van der Waals surface area contributed by atoms with Gasteiger partial charge in [0, 0.05) is 32.9 Å². The standard InChI is InChI=1S/C16H17ClFN3O4S/c1-25-7-6-20-4-5-21-10-12(9-15(21)16(20)22)26(23,24)19-14-3-2-11(18)8-13(14)17/h2-3,8-10,19H,4-7H2,1H3. The van der Waals surface area contributed by atoms with Gasteiger partial charge in [-0.05, 0) is 24.3 Å². The van der Waals surface area contributed by atoms with Crippen LogP contribution in [-0.2, 0) is 21.3 Å². The number of carbonyl (C=O) groups is 1. The Bertz CT molecular complexity index is 945. The molecule has 0 bridgehead atoms. The van der Waals surface area contributed by atoms with E-state index < -0.39 is 15.8 Å². The van der Waals surface area contributed by atoms with Gasteiger partial charge < -0.3 is 14.2 Å². The molecule has 2 heterocycles. The summed E-state index contributed by atoms with van der Waals surface area (Å²) in [4.78, 5) is 14.0. The van der Waals surface area contributed by atoms with E-state index in [1.807, 2.05) is 0 Å². The summed E-state index contributed by atoms with van der Waals surface area (Å²) in [6, 6.07) is 4.68. The molecule has 7 nitrogen and oxygen atoms in total. The van der Waals surface area contributed by atoms with Crippen LogP contribution in [0.5, 0.6) is 0 Å². The lowest BCUT2D eigenvalue weighted by molar-refractivity contribution is 0.0641. The summed E-state index contributed by atoms with van der Waals surface area (Å²) in [7, 11) is -2.42. The minimum Gasteiger partial charge on any atom is -0.383 e. The van der Waals surface area contributed by atoms with Crippen LogP contribution in [0.25, 0.3) is 0 Å². The lowest BCUT2D eigenvalue weighted by Gasteiger charge is -2.27. The predicted molar refractivity (Wildman–Crippen MR) is 94.4 cm³/mol. The van der Waals surface area contributed by atoms with Gasteiger partial charge in [0.2, 0.25) is 0 Å². The number of methoxy groups -OCH3 is 1. The summed E-state index contributed by atoms with van der Waals surface area (Å²) in [5.74, 6) is -0.825. The van der Waals surface area contributed by atoms with Crippen molar-refractivity contribution in [1.29, 1.82) is 0 Å². The molecule has 0 fully saturated rings. The van der Waals surface area contributed by atoms with Gasteiger partial charge in [-0.3, -0.25) is 9.52 Å². The van der Waals surface area contributed by atoms with Crippen LogP contribution in [0, 0.1) is 5.82 Å². The second-order valence-electron chi connectivity index (χ2n) is 5.77. The van der Waals surface area contributed by atoms with Gasteiger partial charge in [-0.25, -0.2) is 12.8 Å². The molecule has 0 unspecified atom stereocenters. The number of anilines is 1. The first-order valence-electron chi connectivity index (χ1n) is 7.78. The van der Waals surface area contributed by atoms with Crippen molar-refractivity contribution in [1.82, 2.24) is 9.47 Å². The summed E-state index contributed by atoms with van der Waals surface area (Å²) in [6.07, 6.45) is 1.40. The van der Waals surface area contributed by atoms with E-state index in [0.29, 0.717) is 26.2 Å². The summed E-state index contributed by atoms with van der Waals surface area (Å²) in [6.45, 7) is 1.80. The number of amides is 1. The van der Waals surface area contributed by atoms with Crippen LogP contribution in [0.3, 0.4) is 0 Å². The highest BCUT2D eigenvalue weighted by Crippen LogP contribution is 2.27. The van der Waals surface area contributed by atoms with E-state index in [0.717, 1.165) is 12.1 Å². The third-order valence-electron chi connectivity index (χ3n) is 4.04. The Labute approximate surface area is 155 Å². The van der Waals surface area contributed by atoms with Crippen molar-refractivity contribution in [3.8, 4) is 0 Å². The van der Waals surface area contributed by atoms with Crippen molar-refractivity contribution < 1.29 is 22.3 Å². The molecule has 0 aliphatic carbocycles. The van der Waals surface area contributed by atoms with E-state index in [4.69, 9.17) is 16.3 Å². The third kappa shape index (κ3) is 3.69. The molecule has 1 N–H and O–H groups in total. The number of halogens is 2. The molecule has 0 saturated carbocycles. The van der Waals surface area contributed by atoms with Crippen molar-refractivity contribution >= 4 is 33.2 Å². The number of benzene rings is 1. The average molecular weight is 402 g/mol. The van der Waals surface area contributed by atoms with Gasteiger partial charge in [0.1, 0.15) is 16.4 Å². The largest absolute Gasteiger partial charge is 0.383 e. The molecule has 10 heteroatoms. The fourth-order valence-corrected chi connectivity index (χ4v) is 4.07. The monoisotopic (exact) mass is 401 g/mol. The Kier molecular flexibility index (Phi) is 5.22. The Morgan fingerprint density at radius 3 is 2.77 bits per heavy atom. The van der Waals surface area contributed by atoms with E-state index >= 15 is 0 Å². The zero-order valence-corrected chi connectivity index (χ0v) is 15.5. The topological polar surface area (TPSA) is 80.6 Å². The second kappa shape index (κ2) is 7.26. The molecule has 0 spiro atoms. The van der Waals surface area contributed by atoms with Crippen molar-refractivity contribution in [2.75, 3.05) is 31.5 Å². The molecule has 0 atom stereocenters. The summed E-state index contributed by atoms with van der Waals surface area (Å²) < 4.78 is 47.2. The number of nitrogens with one attached hydrogen (secondary N) is 1. The molecule has 1 aliphatic heterocycles. The lowest BCUT2D eigenvalue weighted by atomic mass is 10.3. The van der Waals surface area contributed by atoms with Gasteiger partial charge in [0.25, 0.3) is 15.9 Å². The summed E-state index contributed by atoms with van der Waals surface area (Å²) in [5, 5.41) is -0.0561. The quantitative estimate of drug-likeness (QED) is 0.804. The summed E-state index contributed by atoms with van der Waals surface area (Å²) >= 11 is 5.87. The van der Waals surface area contributed by atoms with Gasteiger partial charge in [-0.2, -0.15) is 0 Å². The van der Waals surface area contributed by atoms with E-state index in [9.17, 15) is 17.6 Å². The van der Waals surface area contributed by atoms with E-state index in [2.05, 4.69) is 4.72 Å². The summed E-state index contributed by atoms with van der Waals surface area (Å²) in [5.41, 5.74) is 0.350. The van der Waals surface area contributed by atoms with Crippen LogP contribution in [-0.4, -0.2) is 50.6 Å². The van der Waals surface area contributed by atoms with Gasteiger partial charge in [0.05, 0.1) is 17.3 Å². The first kappa shape index (κ1) is 18.7. The molecule has 0 saturated heterocycles. The lowest BCUT2D eigenvalue weighted by Crippen LogP contribution is -2.41.